The Labute approximate surface area is 133 Å². The summed E-state index contributed by atoms with van der Waals surface area (Å²) in [6.07, 6.45) is 5.57. The number of fused-ring (bicyclic) bond motifs is 1. The van der Waals surface area contributed by atoms with Gasteiger partial charge in [-0.05, 0) is 37.0 Å². The Balaban J connectivity index is 1.83. The number of aromatic hydroxyl groups is 1. The highest BCUT2D eigenvalue weighted by Gasteiger charge is 2.27. The molecule has 2 heterocycles. The lowest BCUT2D eigenvalue weighted by molar-refractivity contribution is 0.393. The first-order valence-electron chi connectivity index (χ1n) is 7.94. The summed E-state index contributed by atoms with van der Waals surface area (Å²) in [5.74, 6) is 0.332. The molecule has 5 heteroatoms. The van der Waals surface area contributed by atoms with E-state index in [4.69, 9.17) is 4.98 Å². The van der Waals surface area contributed by atoms with Gasteiger partial charge in [0.1, 0.15) is 5.82 Å². The van der Waals surface area contributed by atoms with Gasteiger partial charge in [0.15, 0.2) is 5.65 Å². The molecule has 1 aromatic carbocycles. The molecule has 4 nitrogen and oxygen atoms in total. The molecule has 2 aromatic heterocycles. The highest BCUT2D eigenvalue weighted by Crippen LogP contribution is 2.40. The zero-order valence-corrected chi connectivity index (χ0v) is 13.0. The Morgan fingerprint density at radius 2 is 2.13 bits per heavy atom. The monoisotopic (exact) mass is 311 g/mol. The summed E-state index contributed by atoms with van der Waals surface area (Å²) in [7, 11) is 0. The number of hydrogen-bond acceptors (Lipinski definition) is 3. The van der Waals surface area contributed by atoms with Crippen molar-refractivity contribution in [2.45, 2.75) is 38.5 Å². The smallest absolute Gasteiger partial charge is 0.219 e. The Hall–Kier alpha value is -2.43. The molecule has 118 valence electrons. The fraction of sp³-hybridized carbons (Fsp3) is 0.333. The Morgan fingerprint density at radius 1 is 1.30 bits per heavy atom. The van der Waals surface area contributed by atoms with Gasteiger partial charge < -0.3 is 5.11 Å². The summed E-state index contributed by atoms with van der Waals surface area (Å²) >= 11 is 0. The molecule has 1 saturated carbocycles. The third-order valence-electron chi connectivity index (χ3n) is 4.73. The topological polar surface area (TPSA) is 50.4 Å². The molecular weight excluding hydrogens is 293 g/mol. The predicted octanol–water partition coefficient (Wildman–Crippen LogP) is 3.74. The van der Waals surface area contributed by atoms with Crippen LogP contribution in [0.25, 0.3) is 5.65 Å². The highest BCUT2D eigenvalue weighted by atomic mass is 19.1. The van der Waals surface area contributed by atoms with Gasteiger partial charge >= 0.3 is 0 Å². The van der Waals surface area contributed by atoms with Crippen LogP contribution in [0.15, 0.2) is 30.5 Å². The molecule has 1 N–H and O–H groups in total. The molecule has 0 amide bonds. The first-order valence-corrected chi connectivity index (χ1v) is 7.94. The molecule has 0 aliphatic heterocycles. The fourth-order valence-corrected chi connectivity index (χ4v) is 3.19. The van der Waals surface area contributed by atoms with Crippen molar-refractivity contribution < 1.29 is 9.50 Å². The molecule has 23 heavy (non-hydrogen) atoms. The quantitative estimate of drug-likeness (QED) is 0.801. The van der Waals surface area contributed by atoms with Crippen molar-refractivity contribution in [2.75, 3.05) is 0 Å². The van der Waals surface area contributed by atoms with Crippen LogP contribution in [0.4, 0.5) is 4.39 Å². The van der Waals surface area contributed by atoms with Gasteiger partial charge in [-0.25, -0.2) is 9.37 Å². The standard InChI is InChI=1S/C18H18FN3O/c1-11-9-12(5-6-15(11)19)10-14-17(13-3-2-4-13)21-16-7-8-20-22(16)18(14)23/h5-9,13,23H,2-4,10H2,1H3. The second-order valence-corrected chi connectivity index (χ2v) is 6.29. The molecule has 4 rings (SSSR count). The second kappa shape index (κ2) is 5.33. The van der Waals surface area contributed by atoms with Crippen LogP contribution in [0.2, 0.25) is 0 Å². The number of hydrogen-bond donors (Lipinski definition) is 1. The predicted molar refractivity (Wildman–Crippen MR) is 85.2 cm³/mol. The van der Waals surface area contributed by atoms with Gasteiger partial charge in [0.05, 0.1) is 11.9 Å². The van der Waals surface area contributed by atoms with Crippen LogP contribution in [0.3, 0.4) is 0 Å². The minimum absolute atomic E-state index is 0.142. The van der Waals surface area contributed by atoms with Crippen LogP contribution in [0, 0.1) is 12.7 Å². The number of halogens is 1. The van der Waals surface area contributed by atoms with Gasteiger partial charge in [-0.1, -0.05) is 18.6 Å². The number of aromatic nitrogens is 3. The maximum Gasteiger partial charge on any atom is 0.219 e. The lowest BCUT2D eigenvalue weighted by Gasteiger charge is -2.27. The zero-order chi connectivity index (χ0) is 16.0. The largest absolute Gasteiger partial charge is 0.493 e. The summed E-state index contributed by atoms with van der Waals surface area (Å²) in [5, 5.41) is 14.8. The summed E-state index contributed by atoms with van der Waals surface area (Å²) in [5.41, 5.74) is 4.01. The Bertz CT molecular complexity index is 883. The molecular formula is C18H18FN3O. The van der Waals surface area contributed by atoms with Gasteiger partial charge in [0.2, 0.25) is 5.88 Å². The van der Waals surface area contributed by atoms with E-state index in [1.807, 2.05) is 6.07 Å². The first-order chi connectivity index (χ1) is 11.1. The molecule has 3 aromatic rings. The van der Waals surface area contributed by atoms with Gasteiger partial charge in [0, 0.05) is 24.0 Å². The van der Waals surface area contributed by atoms with Crippen LogP contribution in [-0.4, -0.2) is 19.7 Å². The van der Waals surface area contributed by atoms with E-state index in [-0.39, 0.29) is 11.7 Å². The minimum Gasteiger partial charge on any atom is -0.493 e. The maximum absolute atomic E-state index is 13.5. The number of benzene rings is 1. The average molecular weight is 311 g/mol. The SMILES string of the molecule is Cc1cc(Cc2c(C3CCC3)nc3ccnn3c2O)ccc1F. The summed E-state index contributed by atoms with van der Waals surface area (Å²) in [4.78, 5) is 4.72. The van der Waals surface area contributed by atoms with Crippen molar-refractivity contribution in [3.8, 4) is 5.88 Å². The van der Waals surface area contributed by atoms with E-state index in [0.29, 0.717) is 23.5 Å². The van der Waals surface area contributed by atoms with Crippen molar-refractivity contribution in [1.29, 1.82) is 0 Å². The molecule has 0 spiro atoms. The van der Waals surface area contributed by atoms with E-state index in [1.165, 1.54) is 17.0 Å². The molecule has 0 atom stereocenters. The third kappa shape index (κ3) is 2.36. The number of aryl methyl sites for hydroxylation is 1. The van der Waals surface area contributed by atoms with Crippen molar-refractivity contribution in [2.24, 2.45) is 0 Å². The van der Waals surface area contributed by atoms with E-state index in [9.17, 15) is 9.50 Å². The highest BCUT2D eigenvalue weighted by molar-refractivity contribution is 5.48. The normalized spacial score (nSPS) is 15.0. The van der Waals surface area contributed by atoms with Gasteiger partial charge in [-0.3, -0.25) is 0 Å². The molecule has 0 bridgehead atoms. The van der Waals surface area contributed by atoms with E-state index >= 15 is 0 Å². The van der Waals surface area contributed by atoms with E-state index in [1.54, 1.807) is 25.3 Å². The molecule has 1 fully saturated rings. The molecule has 0 saturated heterocycles. The van der Waals surface area contributed by atoms with E-state index in [2.05, 4.69) is 5.10 Å². The number of rotatable bonds is 3. The molecule has 1 aliphatic carbocycles. The number of nitrogens with zero attached hydrogens (tertiary/aromatic N) is 3. The Kier molecular flexibility index (Phi) is 3.29. The van der Waals surface area contributed by atoms with Crippen LogP contribution in [0.5, 0.6) is 5.88 Å². The van der Waals surface area contributed by atoms with Crippen molar-refractivity contribution in [1.82, 2.24) is 14.6 Å². The van der Waals surface area contributed by atoms with Crippen LogP contribution >= 0.6 is 0 Å². The summed E-state index contributed by atoms with van der Waals surface area (Å²) < 4.78 is 14.9. The van der Waals surface area contributed by atoms with Gasteiger partial charge in [0.25, 0.3) is 0 Å². The summed E-state index contributed by atoms with van der Waals surface area (Å²) in [6.45, 7) is 1.75. The van der Waals surface area contributed by atoms with Crippen molar-refractivity contribution in [3.05, 3.63) is 58.7 Å². The lowest BCUT2D eigenvalue weighted by Crippen LogP contribution is -2.15. The third-order valence-corrected chi connectivity index (χ3v) is 4.73. The fourth-order valence-electron chi connectivity index (χ4n) is 3.19. The van der Waals surface area contributed by atoms with Crippen LogP contribution in [0.1, 0.15) is 47.6 Å². The summed E-state index contributed by atoms with van der Waals surface area (Å²) in [6, 6.07) is 6.87. The van der Waals surface area contributed by atoms with E-state index in [0.717, 1.165) is 29.7 Å². The molecule has 1 aliphatic rings. The molecule has 0 radical (unpaired) electrons. The van der Waals surface area contributed by atoms with Gasteiger partial charge in [-0.2, -0.15) is 9.61 Å². The zero-order valence-electron chi connectivity index (χ0n) is 13.0. The first kappa shape index (κ1) is 14.2. The minimum atomic E-state index is -0.210. The average Bonchev–Trinajstić information content (AvgIpc) is 2.93. The van der Waals surface area contributed by atoms with Crippen LogP contribution < -0.4 is 0 Å². The second-order valence-electron chi connectivity index (χ2n) is 6.29. The Morgan fingerprint density at radius 3 is 2.83 bits per heavy atom. The molecule has 0 unspecified atom stereocenters. The van der Waals surface area contributed by atoms with Crippen LogP contribution in [-0.2, 0) is 6.42 Å². The van der Waals surface area contributed by atoms with Gasteiger partial charge in [-0.15, -0.1) is 0 Å². The lowest BCUT2D eigenvalue weighted by atomic mass is 9.80. The van der Waals surface area contributed by atoms with Crippen molar-refractivity contribution >= 4 is 5.65 Å². The van der Waals surface area contributed by atoms with Crippen molar-refractivity contribution in [3.63, 3.8) is 0 Å². The van der Waals surface area contributed by atoms with E-state index < -0.39 is 0 Å². The maximum atomic E-state index is 13.5.